The summed E-state index contributed by atoms with van der Waals surface area (Å²) in [6.45, 7) is 6.40. The van der Waals surface area contributed by atoms with Crippen LogP contribution in [0, 0.1) is 0 Å². The largest absolute Gasteiger partial charge is 0.462 e. The highest BCUT2D eigenvalue weighted by molar-refractivity contribution is 5.71. The molecule has 0 aromatic rings. The number of unbranched alkanes of at least 4 members (excludes halogenated alkanes) is 18. The van der Waals surface area contributed by atoms with Crippen LogP contribution in [0.3, 0.4) is 0 Å². The van der Waals surface area contributed by atoms with E-state index in [1.165, 1.54) is 51.4 Å². The predicted molar refractivity (Wildman–Crippen MR) is 270 cm³/mol. The van der Waals surface area contributed by atoms with Crippen molar-refractivity contribution in [2.75, 3.05) is 13.2 Å². The number of esters is 3. The van der Waals surface area contributed by atoms with E-state index in [0.29, 0.717) is 19.3 Å². The SMILES string of the molecule is CC/C=C\C/C=C\C/C=C\CCCCCCCC(=O)OC[C@H](COC(=O)CCCCCCC/C=C\C/C=C\CCCCC)OC(=O)CCCC/C=C\C/C=C\C/C=C\CCCCC. The van der Waals surface area contributed by atoms with Gasteiger partial charge >= 0.3 is 17.9 Å². The first-order chi connectivity index (χ1) is 31.0. The highest BCUT2D eigenvalue weighted by atomic mass is 16.6. The summed E-state index contributed by atoms with van der Waals surface area (Å²) in [7, 11) is 0. The second-order valence-corrected chi connectivity index (χ2v) is 16.7. The van der Waals surface area contributed by atoms with E-state index in [4.69, 9.17) is 14.2 Å². The van der Waals surface area contributed by atoms with Crippen molar-refractivity contribution in [3.8, 4) is 0 Å². The second kappa shape index (κ2) is 51.0. The van der Waals surface area contributed by atoms with Crippen LogP contribution in [0.5, 0.6) is 0 Å². The highest BCUT2D eigenvalue weighted by Gasteiger charge is 2.19. The number of hydrogen-bond acceptors (Lipinski definition) is 6. The fourth-order valence-corrected chi connectivity index (χ4v) is 6.67. The Labute approximate surface area is 387 Å². The van der Waals surface area contributed by atoms with E-state index in [1.54, 1.807) is 0 Å². The Morgan fingerprint density at radius 2 is 0.619 bits per heavy atom. The maximum absolute atomic E-state index is 12.8. The van der Waals surface area contributed by atoms with Gasteiger partial charge < -0.3 is 14.2 Å². The van der Waals surface area contributed by atoms with Crippen LogP contribution in [0.4, 0.5) is 0 Å². The van der Waals surface area contributed by atoms with Gasteiger partial charge in [0.2, 0.25) is 0 Å². The topological polar surface area (TPSA) is 78.9 Å². The summed E-state index contributed by atoms with van der Waals surface area (Å²) in [5.74, 6) is -0.979. The van der Waals surface area contributed by atoms with Crippen molar-refractivity contribution in [1.82, 2.24) is 0 Å². The molecule has 0 saturated carbocycles. The molecule has 358 valence electrons. The fourth-order valence-electron chi connectivity index (χ4n) is 6.67. The molecule has 0 saturated heterocycles. The first kappa shape index (κ1) is 59.3. The highest BCUT2D eigenvalue weighted by Crippen LogP contribution is 2.12. The van der Waals surface area contributed by atoms with Crippen molar-refractivity contribution in [1.29, 1.82) is 0 Å². The number of rotatable bonds is 45. The van der Waals surface area contributed by atoms with Crippen LogP contribution in [0.15, 0.2) is 97.2 Å². The maximum atomic E-state index is 12.8. The van der Waals surface area contributed by atoms with Gasteiger partial charge in [0.25, 0.3) is 0 Å². The van der Waals surface area contributed by atoms with Crippen LogP contribution < -0.4 is 0 Å². The quantitative estimate of drug-likeness (QED) is 0.0262. The molecule has 0 aliphatic carbocycles. The third-order valence-electron chi connectivity index (χ3n) is 10.5. The number of hydrogen-bond donors (Lipinski definition) is 0. The number of carbonyl (C=O) groups is 3. The minimum absolute atomic E-state index is 0.107. The van der Waals surface area contributed by atoms with E-state index >= 15 is 0 Å². The Morgan fingerprint density at radius 1 is 0.333 bits per heavy atom. The average molecular weight is 875 g/mol. The maximum Gasteiger partial charge on any atom is 0.306 e. The van der Waals surface area contributed by atoms with E-state index in [1.807, 2.05) is 0 Å². The normalized spacial score (nSPS) is 12.9. The molecule has 0 aliphatic heterocycles. The molecule has 0 bridgehead atoms. The van der Waals surface area contributed by atoms with Gasteiger partial charge in [-0.3, -0.25) is 14.4 Å². The smallest absolute Gasteiger partial charge is 0.306 e. The van der Waals surface area contributed by atoms with E-state index in [9.17, 15) is 14.4 Å². The summed E-state index contributed by atoms with van der Waals surface area (Å²) in [6.07, 6.45) is 66.7. The molecule has 0 aromatic heterocycles. The van der Waals surface area contributed by atoms with Gasteiger partial charge in [-0.15, -0.1) is 0 Å². The molecule has 63 heavy (non-hydrogen) atoms. The van der Waals surface area contributed by atoms with Crippen molar-refractivity contribution < 1.29 is 28.6 Å². The van der Waals surface area contributed by atoms with E-state index in [-0.39, 0.29) is 37.5 Å². The number of ether oxygens (including phenoxy) is 3. The Kier molecular flexibility index (Phi) is 48.0. The first-order valence-corrected chi connectivity index (χ1v) is 25.7. The van der Waals surface area contributed by atoms with E-state index < -0.39 is 6.10 Å². The standard InChI is InChI=1S/C57H94O6/c1-4-7-10-13-16-19-22-25-28-31-34-37-40-43-46-49-55(58)61-52-54(63-57(60)51-48-45-42-39-36-33-30-27-24-21-18-15-12-9-6-3)53-62-56(59)50-47-44-41-38-35-32-29-26-23-20-17-14-11-8-5-2/h7,10,16-21,25-30,36,39,54H,4-6,8-9,11-15,22-24,31-35,37-38,40-53H2,1-3H3/b10-7-,19-16-,20-17-,21-18-,28-25-,29-26-,30-27-,39-36-/t54-/m1/s1. The second-order valence-electron chi connectivity index (χ2n) is 16.7. The zero-order chi connectivity index (χ0) is 45.8. The molecule has 0 amide bonds. The Hall–Kier alpha value is -3.67. The molecule has 0 radical (unpaired) electrons. The molecule has 0 spiro atoms. The van der Waals surface area contributed by atoms with Gasteiger partial charge in [-0.25, -0.2) is 0 Å². The molecule has 6 heteroatoms. The minimum Gasteiger partial charge on any atom is -0.462 e. The van der Waals surface area contributed by atoms with Crippen molar-refractivity contribution in [2.45, 2.75) is 232 Å². The molecule has 0 N–H and O–H groups in total. The number of carbonyl (C=O) groups excluding carboxylic acids is 3. The zero-order valence-electron chi connectivity index (χ0n) is 40.8. The lowest BCUT2D eigenvalue weighted by molar-refractivity contribution is -0.167. The van der Waals surface area contributed by atoms with Gasteiger partial charge in [-0.1, -0.05) is 182 Å². The van der Waals surface area contributed by atoms with Gasteiger partial charge in [0.1, 0.15) is 13.2 Å². The third-order valence-corrected chi connectivity index (χ3v) is 10.5. The van der Waals surface area contributed by atoms with Crippen molar-refractivity contribution in [3.63, 3.8) is 0 Å². The van der Waals surface area contributed by atoms with E-state index in [2.05, 4.69) is 118 Å². The molecular formula is C57H94O6. The van der Waals surface area contributed by atoms with Crippen LogP contribution in [-0.2, 0) is 28.6 Å². The van der Waals surface area contributed by atoms with Crippen LogP contribution in [-0.4, -0.2) is 37.2 Å². The van der Waals surface area contributed by atoms with Crippen LogP contribution in [0.1, 0.15) is 226 Å². The summed E-state index contributed by atoms with van der Waals surface area (Å²) in [4.78, 5) is 38.0. The molecular weight excluding hydrogens is 781 g/mol. The third kappa shape index (κ3) is 49.2. The average Bonchev–Trinajstić information content (AvgIpc) is 3.28. The molecule has 1 atom stereocenters. The first-order valence-electron chi connectivity index (χ1n) is 25.7. The fraction of sp³-hybridized carbons (Fsp3) is 0.667. The zero-order valence-corrected chi connectivity index (χ0v) is 40.8. The molecule has 0 heterocycles. The van der Waals surface area contributed by atoms with Crippen LogP contribution >= 0.6 is 0 Å². The summed E-state index contributed by atoms with van der Waals surface area (Å²) >= 11 is 0. The van der Waals surface area contributed by atoms with Crippen molar-refractivity contribution >= 4 is 17.9 Å². The lowest BCUT2D eigenvalue weighted by Gasteiger charge is -2.18. The predicted octanol–water partition coefficient (Wildman–Crippen LogP) is 17.0. The molecule has 0 fully saturated rings. The lowest BCUT2D eigenvalue weighted by Crippen LogP contribution is -2.30. The summed E-state index contributed by atoms with van der Waals surface area (Å²) in [5.41, 5.74) is 0. The summed E-state index contributed by atoms with van der Waals surface area (Å²) < 4.78 is 16.7. The van der Waals surface area contributed by atoms with Crippen molar-refractivity contribution in [3.05, 3.63) is 97.2 Å². The summed E-state index contributed by atoms with van der Waals surface area (Å²) in [6, 6.07) is 0. The molecule has 0 unspecified atom stereocenters. The molecule has 6 nitrogen and oxygen atoms in total. The van der Waals surface area contributed by atoms with Gasteiger partial charge in [-0.05, 0) is 122 Å². The molecule has 0 rings (SSSR count). The number of allylic oxidation sites excluding steroid dienone is 16. The van der Waals surface area contributed by atoms with E-state index in [0.717, 1.165) is 128 Å². The molecule has 0 aromatic carbocycles. The lowest BCUT2D eigenvalue weighted by atomic mass is 10.1. The van der Waals surface area contributed by atoms with Gasteiger partial charge in [0, 0.05) is 19.3 Å². The van der Waals surface area contributed by atoms with Crippen LogP contribution in [0.25, 0.3) is 0 Å². The van der Waals surface area contributed by atoms with Crippen LogP contribution in [0.2, 0.25) is 0 Å². The minimum atomic E-state index is -0.811. The summed E-state index contributed by atoms with van der Waals surface area (Å²) in [5, 5.41) is 0. The Balaban J connectivity index is 4.52. The van der Waals surface area contributed by atoms with Gasteiger partial charge in [0.05, 0.1) is 0 Å². The van der Waals surface area contributed by atoms with Gasteiger partial charge in [-0.2, -0.15) is 0 Å². The van der Waals surface area contributed by atoms with Crippen molar-refractivity contribution in [2.24, 2.45) is 0 Å². The molecule has 0 aliphatic rings. The van der Waals surface area contributed by atoms with Gasteiger partial charge in [0.15, 0.2) is 6.10 Å². The monoisotopic (exact) mass is 875 g/mol. The Bertz CT molecular complexity index is 1280. The Morgan fingerprint density at radius 3 is 1.00 bits per heavy atom.